The number of nitrogens with zero attached hydrogens (tertiary/aromatic N) is 4. The zero-order chi connectivity index (χ0) is 35.6. The number of nitrogens with two attached hydrogens (primary N) is 2. The number of aromatic amines is 2. The number of rotatable bonds is 9. The Morgan fingerprint density at radius 3 is 1.31 bits per heavy atom. The maximum atomic E-state index is 13.4. The fraction of sp³-hybridized carbons (Fsp3) is 0.238. The Morgan fingerprint density at radius 1 is 0.558 bits per heavy atom. The highest BCUT2D eigenvalue weighted by atomic mass is 16.2. The molecule has 2 aliphatic rings. The minimum Gasteiger partial charge on any atom is -0.340 e. The quantitative estimate of drug-likeness (QED) is 0.130. The molecule has 10 nitrogen and oxygen atoms in total. The van der Waals surface area contributed by atoms with Gasteiger partial charge in [-0.25, -0.2) is 9.97 Å². The van der Waals surface area contributed by atoms with E-state index in [1.54, 1.807) is 0 Å². The molecule has 2 amide bonds. The molecule has 10 heteroatoms. The lowest BCUT2D eigenvalue weighted by Gasteiger charge is -2.26. The van der Waals surface area contributed by atoms with Gasteiger partial charge in [-0.15, -0.1) is 0 Å². The summed E-state index contributed by atoms with van der Waals surface area (Å²) < 4.78 is 0. The second-order valence-corrected chi connectivity index (χ2v) is 13.7. The molecular formula is C42H42N8O2. The second kappa shape index (κ2) is 14.4. The molecule has 6 aromatic rings. The normalized spacial score (nSPS) is 18.4. The van der Waals surface area contributed by atoms with Gasteiger partial charge in [-0.2, -0.15) is 0 Å². The van der Waals surface area contributed by atoms with Gasteiger partial charge < -0.3 is 31.2 Å². The van der Waals surface area contributed by atoms with Gasteiger partial charge in [0, 0.05) is 13.1 Å². The second-order valence-electron chi connectivity index (χ2n) is 13.7. The molecule has 2 aromatic heterocycles. The first kappa shape index (κ1) is 33.3. The van der Waals surface area contributed by atoms with Crippen LogP contribution in [0.15, 0.2) is 122 Å². The SMILES string of the molecule is N[C@@H](C(=O)N1CCCC1c1ncc(-c2ccc(-c3ccc(-c4cnc([C@@H]5CCCN5C(=O)[C@H](N)c5ccccc5)[nH]4)cc3)cc2)[nH]1)c1ccccc1. The summed E-state index contributed by atoms with van der Waals surface area (Å²) in [6.07, 6.45) is 7.19. The fourth-order valence-electron chi connectivity index (χ4n) is 7.58. The van der Waals surface area contributed by atoms with Crippen LogP contribution in [0.4, 0.5) is 0 Å². The first-order chi connectivity index (χ1) is 25.4. The van der Waals surface area contributed by atoms with Crippen molar-refractivity contribution in [2.75, 3.05) is 13.1 Å². The van der Waals surface area contributed by atoms with Gasteiger partial charge in [0.1, 0.15) is 23.7 Å². The number of benzene rings is 4. The molecule has 2 saturated heterocycles. The summed E-state index contributed by atoms with van der Waals surface area (Å²) in [5, 5.41) is 0. The summed E-state index contributed by atoms with van der Waals surface area (Å²) in [5.74, 6) is 1.41. The standard InChI is InChI=1S/C42H42N8O2/c43-37(31-9-3-1-4-10-31)41(51)49-23-7-13-35(49)39-45-25-33(47-39)29-19-15-27(16-20-29)28-17-21-30(22-18-28)34-26-46-40(48-34)36-14-8-24-50(36)42(52)38(44)32-11-5-2-6-12-32/h1-6,9-12,15-22,25-26,35-38H,7-8,13-14,23-24,43-44H2,(H,45,47)(H,46,48)/t35-,36?,37+,38+/m0/s1. The Kier molecular flexibility index (Phi) is 9.24. The number of carbonyl (C=O) groups excluding carboxylic acids is 2. The van der Waals surface area contributed by atoms with Crippen LogP contribution in [-0.4, -0.2) is 54.6 Å². The molecule has 0 aliphatic carbocycles. The number of H-pyrrole nitrogens is 2. The van der Waals surface area contributed by atoms with Crippen molar-refractivity contribution in [3.63, 3.8) is 0 Å². The van der Waals surface area contributed by atoms with Crippen molar-refractivity contribution in [2.24, 2.45) is 11.5 Å². The van der Waals surface area contributed by atoms with Crippen LogP contribution in [0, 0.1) is 0 Å². The van der Waals surface area contributed by atoms with Gasteiger partial charge in [0.25, 0.3) is 0 Å². The van der Waals surface area contributed by atoms with E-state index in [4.69, 9.17) is 21.4 Å². The van der Waals surface area contributed by atoms with E-state index in [1.807, 2.05) is 82.9 Å². The van der Waals surface area contributed by atoms with Gasteiger partial charge in [-0.05, 0) is 59.1 Å². The van der Waals surface area contributed by atoms with E-state index in [-0.39, 0.29) is 23.9 Å². The number of hydrogen-bond acceptors (Lipinski definition) is 6. The van der Waals surface area contributed by atoms with Gasteiger partial charge in [-0.1, -0.05) is 109 Å². The van der Waals surface area contributed by atoms with Crippen molar-refractivity contribution in [1.29, 1.82) is 0 Å². The van der Waals surface area contributed by atoms with Crippen LogP contribution in [0.3, 0.4) is 0 Å². The Hall–Kier alpha value is -5.84. The average Bonchev–Trinajstić information content (AvgIpc) is 4.04. The number of carbonyl (C=O) groups is 2. The summed E-state index contributed by atoms with van der Waals surface area (Å²) in [6.45, 7) is 1.33. The van der Waals surface area contributed by atoms with Gasteiger partial charge in [0.05, 0.1) is 35.9 Å². The van der Waals surface area contributed by atoms with E-state index in [9.17, 15) is 9.59 Å². The lowest BCUT2D eigenvalue weighted by Crippen LogP contribution is -2.38. The predicted octanol–water partition coefficient (Wildman–Crippen LogP) is 6.86. The van der Waals surface area contributed by atoms with Crippen molar-refractivity contribution >= 4 is 11.8 Å². The molecule has 0 bridgehead atoms. The fourth-order valence-corrected chi connectivity index (χ4v) is 7.58. The number of amides is 2. The molecule has 0 radical (unpaired) electrons. The third-order valence-electron chi connectivity index (χ3n) is 10.5. The lowest BCUT2D eigenvalue weighted by atomic mass is 10.0. The predicted molar refractivity (Wildman–Crippen MR) is 201 cm³/mol. The molecule has 1 unspecified atom stereocenters. The van der Waals surface area contributed by atoms with E-state index in [2.05, 4.69) is 58.5 Å². The lowest BCUT2D eigenvalue weighted by molar-refractivity contribution is -0.134. The molecule has 4 atom stereocenters. The average molecular weight is 691 g/mol. The number of hydrogen-bond donors (Lipinski definition) is 4. The molecular weight excluding hydrogens is 649 g/mol. The summed E-state index contributed by atoms with van der Waals surface area (Å²) >= 11 is 0. The Balaban J connectivity index is 0.920. The number of imidazole rings is 2. The van der Waals surface area contributed by atoms with E-state index in [0.29, 0.717) is 13.1 Å². The molecule has 4 aromatic carbocycles. The Bertz CT molecular complexity index is 1990. The van der Waals surface area contributed by atoms with Crippen LogP contribution >= 0.6 is 0 Å². The topological polar surface area (TPSA) is 150 Å². The highest BCUT2D eigenvalue weighted by molar-refractivity contribution is 5.84. The molecule has 4 heterocycles. The van der Waals surface area contributed by atoms with Gasteiger partial charge in [0.2, 0.25) is 11.8 Å². The van der Waals surface area contributed by atoms with E-state index in [1.165, 1.54) is 0 Å². The van der Waals surface area contributed by atoms with Crippen LogP contribution in [0.1, 0.15) is 72.6 Å². The summed E-state index contributed by atoms with van der Waals surface area (Å²) in [4.78, 5) is 46.8. The summed E-state index contributed by atoms with van der Waals surface area (Å²) in [6, 6.07) is 34.2. The van der Waals surface area contributed by atoms with E-state index < -0.39 is 12.1 Å². The molecule has 8 rings (SSSR count). The first-order valence-corrected chi connectivity index (χ1v) is 18.0. The van der Waals surface area contributed by atoms with E-state index in [0.717, 1.165) is 82.1 Å². The van der Waals surface area contributed by atoms with E-state index >= 15 is 0 Å². The Labute approximate surface area is 302 Å². The zero-order valence-corrected chi connectivity index (χ0v) is 28.9. The largest absolute Gasteiger partial charge is 0.340 e. The van der Waals surface area contributed by atoms with Crippen molar-refractivity contribution in [2.45, 2.75) is 49.9 Å². The van der Waals surface area contributed by atoms with Crippen molar-refractivity contribution in [3.05, 3.63) is 144 Å². The van der Waals surface area contributed by atoms with Crippen LogP contribution in [0.2, 0.25) is 0 Å². The van der Waals surface area contributed by atoms with Gasteiger partial charge >= 0.3 is 0 Å². The summed E-state index contributed by atoms with van der Waals surface area (Å²) in [5.41, 5.74) is 20.4. The maximum absolute atomic E-state index is 13.4. The van der Waals surface area contributed by atoms with Gasteiger partial charge in [-0.3, -0.25) is 9.59 Å². The molecule has 52 heavy (non-hydrogen) atoms. The third kappa shape index (κ3) is 6.54. The summed E-state index contributed by atoms with van der Waals surface area (Å²) in [7, 11) is 0. The minimum atomic E-state index is -0.695. The highest BCUT2D eigenvalue weighted by Gasteiger charge is 2.36. The molecule has 0 spiro atoms. The smallest absolute Gasteiger partial charge is 0.244 e. The number of likely N-dealkylation sites (tertiary alicyclic amines) is 2. The van der Waals surface area contributed by atoms with Crippen LogP contribution < -0.4 is 11.5 Å². The molecule has 6 N–H and O–H groups in total. The number of aromatic nitrogens is 4. The maximum Gasteiger partial charge on any atom is 0.244 e. The first-order valence-electron chi connectivity index (χ1n) is 18.0. The van der Waals surface area contributed by atoms with Crippen LogP contribution in [-0.2, 0) is 9.59 Å². The van der Waals surface area contributed by atoms with Crippen molar-refractivity contribution < 1.29 is 9.59 Å². The zero-order valence-electron chi connectivity index (χ0n) is 28.9. The van der Waals surface area contributed by atoms with Crippen LogP contribution in [0.5, 0.6) is 0 Å². The van der Waals surface area contributed by atoms with Crippen molar-refractivity contribution in [1.82, 2.24) is 29.7 Å². The monoisotopic (exact) mass is 690 g/mol. The third-order valence-corrected chi connectivity index (χ3v) is 10.5. The Morgan fingerprint density at radius 2 is 0.923 bits per heavy atom. The van der Waals surface area contributed by atoms with Gasteiger partial charge in [0.15, 0.2) is 0 Å². The molecule has 262 valence electrons. The van der Waals surface area contributed by atoms with Crippen molar-refractivity contribution in [3.8, 4) is 33.6 Å². The number of nitrogens with one attached hydrogen (secondary N) is 2. The molecule has 2 fully saturated rings. The van der Waals surface area contributed by atoms with Crippen LogP contribution in [0.25, 0.3) is 33.6 Å². The minimum absolute atomic E-state index is 0.0772. The molecule has 0 saturated carbocycles. The highest BCUT2D eigenvalue weighted by Crippen LogP contribution is 2.36. The molecule has 2 aliphatic heterocycles.